The second kappa shape index (κ2) is 3.36. The molecule has 11 heavy (non-hydrogen) atoms. The van der Waals surface area contributed by atoms with Crippen LogP contribution in [0.1, 0.15) is 0 Å². The molecule has 0 amide bonds. The fraction of sp³-hybridized carbons (Fsp3) is 0.200. The fourth-order valence-corrected chi connectivity index (χ4v) is 2.63. The monoisotopic (exact) mass is 196 g/mol. The number of hydrogen-bond donors (Lipinski definition) is 0. The molecule has 0 aliphatic rings. The van der Waals surface area contributed by atoms with E-state index in [1.807, 2.05) is 0 Å². The molecule has 0 aliphatic heterocycles. The van der Waals surface area contributed by atoms with Crippen LogP contribution in [0.4, 0.5) is 0 Å². The van der Waals surface area contributed by atoms with Crippen LogP contribution >= 0.6 is 0 Å². The maximum atomic E-state index is 10.6. The van der Waals surface area contributed by atoms with E-state index in [1.54, 1.807) is 0 Å². The minimum absolute atomic E-state index is 0.250. The zero-order valence-electron chi connectivity index (χ0n) is 5.73. The van der Waals surface area contributed by atoms with Crippen molar-refractivity contribution in [2.75, 3.05) is 5.75 Å². The highest BCUT2D eigenvalue weighted by molar-refractivity contribution is 8.12. The molecule has 0 heterocycles. The Kier molecular flexibility index (Phi) is 3.25. The van der Waals surface area contributed by atoms with Crippen LogP contribution in [0.15, 0.2) is 12.0 Å². The van der Waals surface area contributed by atoms with Crippen molar-refractivity contribution < 1.29 is 16.8 Å². The standard InChI is InChI=1S/C5H8O4S2/c1-3-10(6,7)5-11(8,9)4-2/h3,5H,1-2,4H2. The van der Waals surface area contributed by atoms with Gasteiger partial charge in [-0.25, -0.2) is 16.8 Å². The molecule has 6 heteroatoms. The van der Waals surface area contributed by atoms with Gasteiger partial charge in [0.1, 0.15) is 0 Å². The summed E-state index contributed by atoms with van der Waals surface area (Å²) >= 11 is 0. The lowest BCUT2D eigenvalue weighted by molar-refractivity contribution is 0.600. The molecule has 64 valence electrons. The molecular formula is C5H8O4S2. The van der Waals surface area contributed by atoms with Crippen molar-refractivity contribution in [3.8, 4) is 0 Å². The van der Waals surface area contributed by atoms with Gasteiger partial charge in [0, 0.05) is 5.41 Å². The molecule has 0 aromatic rings. The van der Waals surface area contributed by atoms with Crippen molar-refractivity contribution in [2.45, 2.75) is 0 Å². The third-order valence-corrected chi connectivity index (χ3v) is 4.08. The van der Waals surface area contributed by atoms with Gasteiger partial charge in [-0.15, -0.1) is 0 Å². The highest BCUT2D eigenvalue weighted by Crippen LogP contribution is 2.04. The summed E-state index contributed by atoms with van der Waals surface area (Å²) in [5, 5.41) is 0.820. The van der Waals surface area contributed by atoms with Crippen molar-refractivity contribution in [1.29, 1.82) is 0 Å². The SMILES string of the molecule is [CH2]CS(=O)(=O)[CH]S(=O)(=O)C=C. The maximum Gasteiger partial charge on any atom is 0.197 e. The highest BCUT2D eigenvalue weighted by atomic mass is 32.3. The molecule has 4 nitrogen and oxygen atoms in total. The second-order valence-electron chi connectivity index (χ2n) is 1.72. The first-order valence-electron chi connectivity index (χ1n) is 2.57. The maximum absolute atomic E-state index is 10.6. The number of hydrogen-bond acceptors (Lipinski definition) is 4. The third-order valence-electron chi connectivity index (χ3n) is 0.798. The largest absolute Gasteiger partial charge is 0.227 e. The molecule has 0 aliphatic carbocycles. The van der Waals surface area contributed by atoms with Gasteiger partial charge < -0.3 is 0 Å². The van der Waals surface area contributed by atoms with Gasteiger partial charge in [0.2, 0.25) is 0 Å². The zero-order valence-corrected chi connectivity index (χ0v) is 7.36. The van der Waals surface area contributed by atoms with E-state index in [4.69, 9.17) is 0 Å². The van der Waals surface area contributed by atoms with Crippen LogP contribution in [0.5, 0.6) is 0 Å². The van der Waals surface area contributed by atoms with Crippen LogP contribution in [0, 0.1) is 12.0 Å². The van der Waals surface area contributed by atoms with Gasteiger partial charge in [0.05, 0.1) is 5.75 Å². The van der Waals surface area contributed by atoms with Gasteiger partial charge in [0.25, 0.3) is 0 Å². The van der Waals surface area contributed by atoms with Crippen LogP contribution in [0.25, 0.3) is 0 Å². The molecule has 2 radical (unpaired) electrons. The normalized spacial score (nSPS) is 12.8. The first-order chi connectivity index (χ1) is 4.83. The van der Waals surface area contributed by atoms with E-state index in [9.17, 15) is 16.8 Å². The molecule has 0 unspecified atom stereocenters. The summed E-state index contributed by atoms with van der Waals surface area (Å²) in [5.74, 6) is -0.472. The van der Waals surface area contributed by atoms with Crippen LogP contribution in [0.3, 0.4) is 0 Å². The Hall–Kier alpha value is -0.360. The van der Waals surface area contributed by atoms with Crippen LogP contribution in [0.2, 0.25) is 0 Å². The molecule has 0 atom stereocenters. The van der Waals surface area contributed by atoms with Gasteiger partial charge >= 0.3 is 0 Å². The van der Waals surface area contributed by atoms with Crippen molar-refractivity contribution >= 4 is 19.7 Å². The van der Waals surface area contributed by atoms with Crippen molar-refractivity contribution in [1.82, 2.24) is 0 Å². The molecule has 0 spiro atoms. The minimum Gasteiger partial charge on any atom is -0.227 e. The van der Waals surface area contributed by atoms with Crippen LogP contribution in [-0.4, -0.2) is 22.6 Å². The minimum atomic E-state index is -3.78. The molecule has 0 N–H and O–H groups in total. The van der Waals surface area contributed by atoms with Gasteiger partial charge in [-0.2, -0.15) is 0 Å². The lowest BCUT2D eigenvalue weighted by Crippen LogP contribution is -2.09. The molecule has 0 aromatic carbocycles. The van der Waals surface area contributed by atoms with E-state index in [0.717, 1.165) is 0 Å². The predicted molar refractivity (Wildman–Crippen MR) is 42.6 cm³/mol. The summed E-state index contributed by atoms with van der Waals surface area (Å²) in [7, 11) is -7.46. The van der Waals surface area contributed by atoms with Crippen LogP contribution in [-0.2, 0) is 19.7 Å². The fourth-order valence-electron chi connectivity index (χ4n) is 0.292. The average Bonchev–Trinajstić information content (AvgIpc) is 1.86. The smallest absolute Gasteiger partial charge is 0.197 e. The predicted octanol–water partition coefficient (Wildman–Crippen LogP) is -0.0871. The van der Waals surface area contributed by atoms with Gasteiger partial charge in [0.15, 0.2) is 24.8 Å². The van der Waals surface area contributed by atoms with E-state index in [2.05, 4.69) is 13.5 Å². The molecule has 0 rings (SSSR count). The zero-order chi connectivity index (χ0) is 9.12. The third kappa shape index (κ3) is 4.15. The Labute approximate surface area is 66.8 Å². The Balaban J connectivity index is 4.67. The van der Waals surface area contributed by atoms with Crippen LogP contribution < -0.4 is 0 Å². The Morgan fingerprint density at radius 1 is 1.18 bits per heavy atom. The lowest BCUT2D eigenvalue weighted by atomic mass is 11.0. The average molecular weight is 196 g/mol. The van der Waals surface area contributed by atoms with Gasteiger partial charge in [-0.1, -0.05) is 6.58 Å². The molecular weight excluding hydrogens is 188 g/mol. The van der Waals surface area contributed by atoms with Crippen molar-refractivity contribution in [3.05, 3.63) is 24.0 Å². The molecule has 0 saturated heterocycles. The van der Waals surface area contributed by atoms with Crippen molar-refractivity contribution in [2.24, 2.45) is 0 Å². The van der Waals surface area contributed by atoms with E-state index in [0.29, 0.717) is 5.41 Å². The Bertz CT molecular complexity index is 321. The quantitative estimate of drug-likeness (QED) is 0.630. The Morgan fingerprint density at radius 3 is 1.91 bits per heavy atom. The molecule has 0 fully saturated rings. The van der Waals surface area contributed by atoms with E-state index >= 15 is 0 Å². The highest BCUT2D eigenvalue weighted by Gasteiger charge is 2.18. The van der Waals surface area contributed by atoms with Gasteiger partial charge in [-0.05, 0) is 6.92 Å². The Morgan fingerprint density at radius 2 is 1.64 bits per heavy atom. The topological polar surface area (TPSA) is 68.3 Å². The second-order valence-corrected chi connectivity index (χ2v) is 5.73. The summed E-state index contributed by atoms with van der Waals surface area (Å²) < 4.78 is 42.4. The molecule has 0 bridgehead atoms. The summed E-state index contributed by atoms with van der Waals surface area (Å²) in [4.78, 5) is 0. The molecule has 0 saturated carbocycles. The summed E-state index contributed by atoms with van der Waals surface area (Å²) in [5.41, 5.74) is 0. The lowest BCUT2D eigenvalue weighted by Gasteiger charge is -1.96. The summed E-state index contributed by atoms with van der Waals surface area (Å²) in [6.07, 6.45) is 0. The summed E-state index contributed by atoms with van der Waals surface area (Å²) in [6, 6.07) is 0. The summed E-state index contributed by atoms with van der Waals surface area (Å²) in [6.45, 7) is 6.00. The number of rotatable bonds is 4. The van der Waals surface area contributed by atoms with E-state index < -0.39 is 25.4 Å². The first-order valence-corrected chi connectivity index (χ1v) is 5.90. The number of sulfone groups is 2. The first kappa shape index (κ1) is 10.6. The van der Waals surface area contributed by atoms with Crippen molar-refractivity contribution in [3.63, 3.8) is 0 Å². The molecule has 0 aromatic heterocycles. The van der Waals surface area contributed by atoms with Gasteiger partial charge in [-0.3, -0.25) is 0 Å². The van der Waals surface area contributed by atoms with E-state index in [1.165, 1.54) is 0 Å². The van der Waals surface area contributed by atoms with E-state index in [-0.39, 0.29) is 5.08 Å².